The molecular formula is C23H29NO3. The normalized spacial score (nSPS) is 23.1. The molecule has 0 bridgehead atoms. The lowest BCUT2D eigenvalue weighted by Crippen LogP contribution is -2.49. The molecule has 3 rings (SSSR count). The van der Waals surface area contributed by atoms with Gasteiger partial charge in [0.2, 0.25) is 0 Å². The van der Waals surface area contributed by atoms with Crippen LogP contribution in [0.2, 0.25) is 0 Å². The molecule has 0 unspecified atom stereocenters. The van der Waals surface area contributed by atoms with Crippen molar-refractivity contribution in [3.05, 3.63) is 65.7 Å². The van der Waals surface area contributed by atoms with Gasteiger partial charge in [-0.1, -0.05) is 42.5 Å². The van der Waals surface area contributed by atoms with Crippen molar-refractivity contribution in [2.45, 2.75) is 45.2 Å². The van der Waals surface area contributed by atoms with Crippen LogP contribution in [-0.2, 0) is 11.2 Å². The first-order valence-electron chi connectivity index (χ1n) is 9.77. The van der Waals surface area contributed by atoms with E-state index in [1.54, 1.807) is 0 Å². The molecule has 1 heterocycles. The Balaban J connectivity index is 1.47. The highest BCUT2D eigenvalue weighted by Crippen LogP contribution is 2.27. The molecule has 0 spiro atoms. The Hall–Kier alpha value is -2.33. The van der Waals surface area contributed by atoms with Crippen LogP contribution in [-0.4, -0.2) is 41.2 Å². The lowest BCUT2D eigenvalue weighted by molar-refractivity contribution is -0.145. The van der Waals surface area contributed by atoms with Crippen molar-refractivity contribution < 1.29 is 14.6 Å². The number of hydrogen-bond acceptors (Lipinski definition) is 3. The van der Waals surface area contributed by atoms with Gasteiger partial charge in [0.05, 0.1) is 5.92 Å². The summed E-state index contributed by atoms with van der Waals surface area (Å²) in [7, 11) is 0. The fourth-order valence-electron chi connectivity index (χ4n) is 4.07. The quantitative estimate of drug-likeness (QED) is 0.796. The van der Waals surface area contributed by atoms with E-state index >= 15 is 0 Å². The monoisotopic (exact) mass is 367 g/mol. The number of aliphatic carboxylic acids is 1. The van der Waals surface area contributed by atoms with Crippen molar-refractivity contribution >= 4 is 5.97 Å². The first kappa shape index (κ1) is 19.4. The maximum atomic E-state index is 11.3. The first-order valence-corrected chi connectivity index (χ1v) is 9.77. The van der Waals surface area contributed by atoms with Gasteiger partial charge < -0.3 is 9.84 Å². The van der Waals surface area contributed by atoms with E-state index in [0.29, 0.717) is 19.4 Å². The summed E-state index contributed by atoms with van der Waals surface area (Å²) >= 11 is 0. The van der Waals surface area contributed by atoms with E-state index in [1.165, 1.54) is 11.1 Å². The topological polar surface area (TPSA) is 49.8 Å². The van der Waals surface area contributed by atoms with Crippen LogP contribution in [0.4, 0.5) is 0 Å². The number of ether oxygens (including phenoxy) is 1. The van der Waals surface area contributed by atoms with Crippen molar-refractivity contribution in [1.82, 2.24) is 4.90 Å². The third kappa shape index (κ3) is 5.33. The van der Waals surface area contributed by atoms with Crippen molar-refractivity contribution in [2.24, 2.45) is 5.92 Å². The summed E-state index contributed by atoms with van der Waals surface area (Å²) in [4.78, 5) is 13.6. The number of carboxylic acid groups (broad SMARTS) is 1. The van der Waals surface area contributed by atoms with Crippen molar-refractivity contribution in [2.75, 3.05) is 13.2 Å². The van der Waals surface area contributed by atoms with Gasteiger partial charge in [0.15, 0.2) is 0 Å². The van der Waals surface area contributed by atoms with Gasteiger partial charge in [-0.25, -0.2) is 0 Å². The molecule has 0 aliphatic carbocycles. The highest BCUT2D eigenvalue weighted by atomic mass is 16.5. The largest absolute Gasteiger partial charge is 0.492 e. The molecule has 0 radical (unpaired) electrons. The molecule has 1 aliphatic rings. The Morgan fingerprint density at radius 3 is 2.19 bits per heavy atom. The van der Waals surface area contributed by atoms with E-state index < -0.39 is 5.97 Å². The molecule has 27 heavy (non-hydrogen) atoms. The van der Waals surface area contributed by atoms with Crippen LogP contribution >= 0.6 is 0 Å². The van der Waals surface area contributed by atoms with Crippen molar-refractivity contribution in [3.63, 3.8) is 0 Å². The number of hydrogen-bond donors (Lipinski definition) is 1. The number of nitrogens with zero attached hydrogens (tertiary/aromatic N) is 1. The van der Waals surface area contributed by atoms with Gasteiger partial charge in [-0.3, -0.25) is 9.69 Å². The van der Waals surface area contributed by atoms with Gasteiger partial charge in [-0.15, -0.1) is 0 Å². The SMILES string of the molecule is C[C@@H]1CC(C(=O)O)C[C@@H](C)N1CCOc1ccc(Cc2ccccc2)cc1. The van der Waals surface area contributed by atoms with Crippen LogP contribution < -0.4 is 4.74 Å². The highest BCUT2D eigenvalue weighted by molar-refractivity contribution is 5.70. The van der Waals surface area contributed by atoms with Gasteiger partial charge in [-0.2, -0.15) is 0 Å². The lowest BCUT2D eigenvalue weighted by atomic mass is 9.87. The van der Waals surface area contributed by atoms with E-state index in [4.69, 9.17) is 4.74 Å². The van der Waals surface area contributed by atoms with E-state index in [-0.39, 0.29) is 18.0 Å². The number of rotatable bonds is 7. The number of carbonyl (C=O) groups is 1. The summed E-state index contributed by atoms with van der Waals surface area (Å²) in [6, 6.07) is 19.3. The van der Waals surface area contributed by atoms with Crippen molar-refractivity contribution in [1.29, 1.82) is 0 Å². The molecule has 144 valence electrons. The first-order chi connectivity index (χ1) is 13.0. The zero-order chi connectivity index (χ0) is 19.2. The molecule has 0 amide bonds. The van der Waals surface area contributed by atoms with Gasteiger partial charge >= 0.3 is 5.97 Å². The Morgan fingerprint density at radius 1 is 1.00 bits per heavy atom. The van der Waals surface area contributed by atoms with Gasteiger partial charge in [0.25, 0.3) is 0 Å². The van der Waals surface area contributed by atoms with Crippen LogP contribution in [0, 0.1) is 5.92 Å². The second-order valence-corrected chi connectivity index (χ2v) is 7.60. The van der Waals surface area contributed by atoms with Crippen LogP contribution in [0.15, 0.2) is 54.6 Å². The van der Waals surface area contributed by atoms with Crippen LogP contribution in [0.1, 0.15) is 37.8 Å². The average Bonchev–Trinajstić information content (AvgIpc) is 2.66. The summed E-state index contributed by atoms with van der Waals surface area (Å²) in [6.45, 7) is 5.67. The highest BCUT2D eigenvalue weighted by Gasteiger charge is 2.33. The Labute approximate surface area is 161 Å². The average molecular weight is 367 g/mol. The minimum atomic E-state index is -0.666. The molecule has 4 nitrogen and oxygen atoms in total. The Bertz CT molecular complexity index is 717. The van der Waals surface area contributed by atoms with Crippen LogP contribution in [0.25, 0.3) is 0 Å². The molecule has 1 fully saturated rings. The van der Waals surface area contributed by atoms with Crippen LogP contribution in [0.3, 0.4) is 0 Å². The van der Waals surface area contributed by atoms with Crippen LogP contribution in [0.5, 0.6) is 5.75 Å². The molecule has 4 heteroatoms. The third-order valence-electron chi connectivity index (χ3n) is 5.53. The molecule has 0 saturated carbocycles. The second-order valence-electron chi connectivity index (χ2n) is 7.60. The summed E-state index contributed by atoms with van der Waals surface area (Å²) in [5.41, 5.74) is 2.57. The third-order valence-corrected chi connectivity index (χ3v) is 5.53. The summed E-state index contributed by atoms with van der Waals surface area (Å²) < 4.78 is 5.93. The maximum Gasteiger partial charge on any atom is 0.306 e. The Kier molecular flexibility index (Phi) is 6.51. The van der Waals surface area contributed by atoms with Gasteiger partial charge in [0.1, 0.15) is 12.4 Å². The zero-order valence-corrected chi connectivity index (χ0v) is 16.2. The molecule has 2 atom stereocenters. The predicted octanol–water partition coefficient (Wildman–Crippen LogP) is 4.23. The smallest absolute Gasteiger partial charge is 0.306 e. The van der Waals surface area contributed by atoms with E-state index in [1.807, 2.05) is 18.2 Å². The molecular weight excluding hydrogens is 338 g/mol. The number of likely N-dealkylation sites (tertiary alicyclic amines) is 1. The second kappa shape index (κ2) is 9.05. The molecule has 1 saturated heterocycles. The molecule has 1 aliphatic heterocycles. The van der Waals surface area contributed by atoms with E-state index in [2.05, 4.69) is 55.1 Å². The number of piperidine rings is 1. The fourth-order valence-corrected chi connectivity index (χ4v) is 4.07. The lowest BCUT2D eigenvalue weighted by Gasteiger charge is -2.41. The van der Waals surface area contributed by atoms with Crippen molar-refractivity contribution in [3.8, 4) is 5.75 Å². The summed E-state index contributed by atoms with van der Waals surface area (Å²) in [6.07, 6.45) is 2.36. The van der Waals surface area contributed by atoms with Gasteiger partial charge in [-0.05, 0) is 56.4 Å². The van der Waals surface area contributed by atoms with E-state index in [0.717, 1.165) is 18.7 Å². The Morgan fingerprint density at radius 2 is 1.59 bits per heavy atom. The minimum absolute atomic E-state index is 0.218. The fraction of sp³-hybridized carbons (Fsp3) is 0.435. The number of benzene rings is 2. The minimum Gasteiger partial charge on any atom is -0.492 e. The molecule has 2 aromatic rings. The molecule has 1 N–H and O–H groups in total. The predicted molar refractivity (Wildman–Crippen MR) is 107 cm³/mol. The van der Waals surface area contributed by atoms with E-state index in [9.17, 15) is 9.90 Å². The summed E-state index contributed by atoms with van der Waals surface area (Å²) in [5, 5.41) is 9.26. The molecule has 0 aromatic heterocycles. The molecule has 2 aromatic carbocycles. The van der Waals surface area contributed by atoms with Gasteiger partial charge in [0, 0.05) is 18.6 Å². The zero-order valence-electron chi connectivity index (χ0n) is 16.2. The number of carboxylic acids is 1. The maximum absolute atomic E-state index is 11.3. The summed E-state index contributed by atoms with van der Waals surface area (Å²) in [5.74, 6) is -0.00272. The standard InChI is InChI=1S/C23H29NO3/c1-17-14-21(23(25)26)15-18(2)24(17)12-13-27-22-10-8-20(9-11-22)16-19-6-4-3-5-7-19/h3-11,17-18,21H,12-16H2,1-2H3,(H,25,26)/t17-,18-/m1/s1.